The van der Waals surface area contributed by atoms with E-state index in [2.05, 4.69) is 36.2 Å². The fourth-order valence-electron chi connectivity index (χ4n) is 2.16. The van der Waals surface area contributed by atoms with Crippen LogP contribution < -0.4 is 14.8 Å². The van der Waals surface area contributed by atoms with Crippen LogP contribution in [-0.4, -0.2) is 23.4 Å². The van der Waals surface area contributed by atoms with Crippen molar-refractivity contribution in [3.05, 3.63) is 29.9 Å². The molecule has 2 heterocycles. The zero-order chi connectivity index (χ0) is 15.7. The van der Waals surface area contributed by atoms with Crippen LogP contribution in [0.15, 0.2) is 22.7 Å². The molecule has 6 nitrogen and oxygen atoms in total. The highest BCUT2D eigenvalue weighted by molar-refractivity contribution is 5.55. The van der Waals surface area contributed by atoms with Crippen molar-refractivity contribution in [3.63, 3.8) is 0 Å². The monoisotopic (exact) mass is 303 g/mol. The molecule has 0 aliphatic carbocycles. The first-order valence-electron chi connectivity index (χ1n) is 7.44. The topological polar surface area (TPSA) is 69.4 Å². The summed E-state index contributed by atoms with van der Waals surface area (Å²) in [6.45, 7) is 9.32. The first-order chi connectivity index (χ1) is 10.4. The van der Waals surface area contributed by atoms with Crippen LogP contribution in [0.1, 0.15) is 45.5 Å². The molecule has 0 saturated heterocycles. The number of hydrogen-bond donors (Lipinski definition) is 1. The van der Waals surface area contributed by atoms with Gasteiger partial charge in [-0.25, -0.2) is 0 Å². The minimum absolute atomic E-state index is 0.0915. The summed E-state index contributed by atoms with van der Waals surface area (Å²) in [4.78, 5) is 4.47. The lowest BCUT2D eigenvalue weighted by Gasteiger charge is -2.20. The summed E-state index contributed by atoms with van der Waals surface area (Å²) < 4.78 is 16.5. The lowest BCUT2D eigenvalue weighted by molar-refractivity contribution is 0.171. The molecule has 22 heavy (non-hydrogen) atoms. The van der Waals surface area contributed by atoms with Crippen molar-refractivity contribution in [3.8, 4) is 11.5 Å². The van der Waals surface area contributed by atoms with Crippen molar-refractivity contribution < 1.29 is 14.0 Å². The SMILES string of the molecule is C[C@@H](Nc1ccc2c(c1)OCCO2)c1nc(C(C)(C)C)no1. The largest absolute Gasteiger partial charge is 0.486 e. The lowest BCUT2D eigenvalue weighted by Crippen LogP contribution is -2.16. The number of nitrogens with zero attached hydrogens (tertiary/aromatic N) is 2. The third kappa shape index (κ3) is 3.00. The molecule has 0 radical (unpaired) electrons. The van der Waals surface area contributed by atoms with Gasteiger partial charge in [0.15, 0.2) is 17.3 Å². The van der Waals surface area contributed by atoms with Gasteiger partial charge in [-0.15, -0.1) is 0 Å². The molecule has 1 aromatic carbocycles. The molecule has 0 bridgehead atoms. The van der Waals surface area contributed by atoms with Crippen LogP contribution in [0, 0.1) is 0 Å². The molecule has 0 fully saturated rings. The maximum absolute atomic E-state index is 5.58. The van der Waals surface area contributed by atoms with Gasteiger partial charge in [0.25, 0.3) is 0 Å². The molecule has 0 unspecified atom stereocenters. The molecule has 3 rings (SSSR count). The van der Waals surface area contributed by atoms with Crippen LogP contribution >= 0.6 is 0 Å². The van der Waals surface area contributed by atoms with Gasteiger partial charge < -0.3 is 19.3 Å². The zero-order valence-corrected chi connectivity index (χ0v) is 13.3. The fraction of sp³-hybridized carbons (Fsp3) is 0.500. The van der Waals surface area contributed by atoms with E-state index in [0.717, 1.165) is 17.2 Å². The predicted molar refractivity (Wildman–Crippen MR) is 82.5 cm³/mol. The fourth-order valence-corrected chi connectivity index (χ4v) is 2.16. The van der Waals surface area contributed by atoms with E-state index < -0.39 is 0 Å². The Bertz CT molecular complexity index is 661. The number of nitrogens with one attached hydrogen (secondary N) is 1. The number of aromatic nitrogens is 2. The molecule has 1 aliphatic heterocycles. The Kier molecular flexibility index (Phi) is 3.68. The van der Waals surface area contributed by atoms with Crippen LogP contribution in [0.25, 0.3) is 0 Å². The van der Waals surface area contributed by atoms with Crippen LogP contribution in [0.2, 0.25) is 0 Å². The van der Waals surface area contributed by atoms with Gasteiger partial charge in [0.05, 0.1) is 0 Å². The number of ether oxygens (including phenoxy) is 2. The van der Waals surface area contributed by atoms with Crippen molar-refractivity contribution in [2.24, 2.45) is 0 Å². The smallest absolute Gasteiger partial charge is 0.248 e. The Morgan fingerprint density at radius 3 is 2.55 bits per heavy atom. The summed E-state index contributed by atoms with van der Waals surface area (Å²) >= 11 is 0. The maximum Gasteiger partial charge on any atom is 0.248 e. The summed E-state index contributed by atoms with van der Waals surface area (Å²) in [7, 11) is 0. The van der Waals surface area contributed by atoms with Crippen molar-refractivity contribution in [2.45, 2.75) is 39.2 Å². The molecule has 0 spiro atoms. The molecule has 1 atom stereocenters. The van der Waals surface area contributed by atoms with Crippen molar-refractivity contribution in [2.75, 3.05) is 18.5 Å². The number of anilines is 1. The summed E-state index contributed by atoms with van der Waals surface area (Å²) in [6.07, 6.45) is 0. The summed E-state index contributed by atoms with van der Waals surface area (Å²) in [6, 6.07) is 5.68. The molecule has 6 heteroatoms. The minimum atomic E-state index is -0.127. The van der Waals surface area contributed by atoms with Crippen LogP contribution in [-0.2, 0) is 5.41 Å². The molecule has 0 saturated carbocycles. The van der Waals surface area contributed by atoms with E-state index in [-0.39, 0.29) is 11.5 Å². The van der Waals surface area contributed by atoms with Gasteiger partial charge >= 0.3 is 0 Å². The van der Waals surface area contributed by atoms with Gasteiger partial charge in [0.2, 0.25) is 5.89 Å². The van der Waals surface area contributed by atoms with Crippen molar-refractivity contribution >= 4 is 5.69 Å². The maximum atomic E-state index is 5.58. The average molecular weight is 303 g/mol. The number of rotatable bonds is 3. The Balaban J connectivity index is 1.74. The second-order valence-electron chi connectivity index (χ2n) is 6.43. The molecule has 2 aromatic rings. The van der Waals surface area contributed by atoms with Crippen LogP contribution in [0.3, 0.4) is 0 Å². The second kappa shape index (κ2) is 5.51. The van der Waals surface area contributed by atoms with E-state index >= 15 is 0 Å². The molecule has 0 amide bonds. The van der Waals surface area contributed by atoms with E-state index in [1.54, 1.807) is 0 Å². The minimum Gasteiger partial charge on any atom is -0.486 e. The van der Waals surface area contributed by atoms with Crippen LogP contribution in [0.4, 0.5) is 5.69 Å². The molecule has 1 aromatic heterocycles. The number of fused-ring (bicyclic) bond motifs is 1. The van der Waals surface area contributed by atoms with Gasteiger partial charge in [-0.1, -0.05) is 25.9 Å². The highest BCUT2D eigenvalue weighted by Gasteiger charge is 2.23. The average Bonchev–Trinajstić information content (AvgIpc) is 2.97. The molecule has 1 aliphatic rings. The van der Waals surface area contributed by atoms with E-state index in [1.807, 2.05) is 25.1 Å². The van der Waals surface area contributed by atoms with E-state index in [4.69, 9.17) is 14.0 Å². The van der Waals surface area contributed by atoms with Gasteiger partial charge in [0, 0.05) is 17.2 Å². The highest BCUT2D eigenvalue weighted by Crippen LogP contribution is 2.33. The Morgan fingerprint density at radius 1 is 1.14 bits per heavy atom. The van der Waals surface area contributed by atoms with E-state index in [0.29, 0.717) is 24.9 Å². The van der Waals surface area contributed by atoms with Crippen LogP contribution in [0.5, 0.6) is 11.5 Å². The Hall–Kier alpha value is -2.24. The Morgan fingerprint density at radius 2 is 1.86 bits per heavy atom. The lowest BCUT2D eigenvalue weighted by atomic mass is 9.96. The van der Waals surface area contributed by atoms with E-state index in [9.17, 15) is 0 Å². The van der Waals surface area contributed by atoms with Crippen molar-refractivity contribution in [1.29, 1.82) is 0 Å². The third-order valence-electron chi connectivity index (χ3n) is 3.41. The number of hydrogen-bond acceptors (Lipinski definition) is 6. The third-order valence-corrected chi connectivity index (χ3v) is 3.41. The van der Waals surface area contributed by atoms with E-state index in [1.165, 1.54) is 0 Å². The highest BCUT2D eigenvalue weighted by atomic mass is 16.6. The zero-order valence-electron chi connectivity index (χ0n) is 13.3. The van der Waals surface area contributed by atoms with Crippen molar-refractivity contribution in [1.82, 2.24) is 10.1 Å². The molecular weight excluding hydrogens is 282 g/mol. The van der Waals surface area contributed by atoms with Gasteiger partial charge in [-0.05, 0) is 19.1 Å². The molecular formula is C16H21N3O3. The summed E-state index contributed by atoms with van der Waals surface area (Å²) in [5, 5.41) is 7.39. The summed E-state index contributed by atoms with van der Waals surface area (Å²) in [5.41, 5.74) is 0.797. The molecule has 118 valence electrons. The molecule has 1 N–H and O–H groups in total. The summed E-state index contributed by atoms with van der Waals surface area (Å²) in [5.74, 6) is 2.81. The normalized spacial score (nSPS) is 15.5. The first kappa shape index (κ1) is 14.7. The second-order valence-corrected chi connectivity index (χ2v) is 6.43. The van der Waals surface area contributed by atoms with Gasteiger partial charge in [-0.3, -0.25) is 0 Å². The predicted octanol–water partition coefficient (Wildman–Crippen LogP) is 3.31. The number of benzene rings is 1. The quantitative estimate of drug-likeness (QED) is 0.938. The standard InChI is InChI=1S/C16H21N3O3/c1-10(14-18-15(19-22-14)16(2,3)4)17-11-5-6-12-13(9-11)21-8-7-20-12/h5-6,9-10,17H,7-8H2,1-4H3/t10-/m1/s1. The first-order valence-corrected chi connectivity index (χ1v) is 7.44. The van der Waals surface area contributed by atoms with Gasteiger partial charge in [0.1, 0.15) is 19.3 Å². The van der Waals surface area contributed by atoms with Gasteiger partial charge in [-0.2, -0.15) is 4.98 Å². The Labute approximate surface area is 129 Å².